The first-order valence-corrected chi connectivity index (χ1v) is 8.53. The van der Waals surface area contributed by atoms with Gasteiger partial charge in [-0.05, 0) is 31.2 Å². The Balaban J connectivity index is 0.000000924. The summed E-state index contributed by atoms with van der Waals surface area (Å²) in [6.07, 6.45) is 2.48. The Bertz CT molecular complexity index is 507. The highest BCUT2D eigenvalue weighted by Crippen LogP contribution is 2.56. The molecular formula is C18H29NO4. The summed E-state index contributed by atoms with van der Waals surface area (Å²) in [5, 5.41) is 41.7. The molecule has 0 amide bonds. The fraction of sp³-hybridized carbons (Fsp3) is 0.667. The molecule has 1 saturated heterocycles. The van der Waals surface area contributed by atoms with Crippen molar-refractivity contribution in [3.8, 4) is 0 Å². The number of hydrogen-bond acceptors (Lipinski definition) is 5. The molecular weight excluding hydrogens is 294 g/mol. The minimum atomic E-state index is -2.05. The van der Waals surface area contributed by atoms with Gasteiger partial charge in [-0.1, -0.05) is 44.2 Å². The van der Waals surface area contributed by atoms with Crippen LogP contribution in [-0.4, -0.2) is 43.6 Å². The van der Waals surface area contributed by atoms with Crippen molar-refractivity contribution in [2.75, 3.05) is 6.61 Å². The number of aliphatic hydroxyl groups is 4. The van der Waals surface area contributed by atoms with Crippen LogP contribution >= 0.6 is 0 Å². The predicted molar refractivity (Wildman–Crippen MR) is 88.1 cm³/mol. The third-order valence-electron chi connectivity index (χ3n) is 5.33. The largest absolute Gasteiger partial charge is 0.396 e. The lowest BCUT2D eigenvalue weighted by molar-refractivity contribution is -0.381. The van der Waals surface area contributed by atoms with Gasteiger partial charge in [0.2, 0.25) is 5.91 Å². The molecule has 1 aromatic carbocycles. The summed E-state index contributed by atoms with van der Waals surface area (Å²) >= 11 is 0. The van der Waals surface area contributed by atoms with E-state index in [1.807, 2.05) is 44.2 Å². The highest BCUT2D eigenvalue weighted by atomic mass is 16.5. The van der Waals surface area contributed by atoms with Crippen LogP contribution in [0, 0.1) is 5.41 Å². The number of fused-ring (bicyclic) bond motifs is 1. The summed E-state index contributed by atoms with van der Waals surface area (Å²) in [4.78, 5) is 1.36. The van der Waals surface area contributed by atoms with Crippen LogP contribution in [0.4, 0.5) is 0 Å². The number of aliphatic hydroxyl groups excluding tert-OH is 1. The van der Waals surface area contributed by atoms with Crippen LogP contribution in [0.25, 0.3) is 0 Å². The maximum Gasteiger partial charge on any atom is 0.227 e. The van der Waals surface area contributed by atoms with E-state index >= 15 is 0 Å². The first-order chi connectivity index (χ1) is 10.9. The zero-order chi connectivity index (χ0) is 17.1. The van der Waals surface area contributed by atoms with Gasteiger partial charge in [0, 0.05) is 18.4 Å². The Kier molecular flexibility index (Phi) is 5.48. The lowest BCUT2D eigenvalue weighted by Crippen LogP contribution is -2.70. The molecule has 130 valence electrons. The summed E-state index contributed by atoms with van der Waals surface area (Å²) in [6, 6.07) is 9.45. The van der Waals surface area contributed by atoms with E-state index in [9.17, 15) is 20.4 Å². The number of rotatable bonds is 3. The van der Waals surface area contributed by atoms with E-state index in [1.54, 1.807) is 0 Å². The first kappa shape index (κ1) is 18.4. The molecule has 3 rings (SSSR count). The number of benzene rings is 1. The molecule has 1 aromatic rings. The van der Waals surface area contributed by atoms with Gasteiger partial charge in [-0.2, -0.15) is 0 Å². The molecule has 1 saturated carbocycles. The van der Waals surface area contributed by atoms with Gasteiger partial charge in [0.1, 0.15) is 5.72 Å². The van der Waals surface area contributed by atoms with Crippen LogP contribution in [0.1, 0.15) is 51.5 Å². The molecule has 1 heterocycles. The second kappa shape index (κ2) is 6.87. The molecule has 5 heteroatoms. The van der Waals surface area contributed by atoms with E-state index in [0.717, 1.165) is 12.0 Å². The molecule has 4 N–H and O–H groups in total. The normalized spacial score (nSPS) is 32.8. The van der Waals surface area contributed by atoms with Crippen molar-refractivity contribution >= 4 is 0 Å². The van der Waals surface area contributed by atoms with E-state index in [1.165, 1.54) is 4.90 Å². The summed E-state index contributed by atoms with van der Waals surface area (Å²) in [5.41, 5.74) is -1.13. The van der Waals surface area contributed by atoms with Crippen LogP contribution in [0.3, 0.4) is 0 Å². The molecule has 0 bridgehead atoms. The lowest BCUT2D eigenvalue weighted by Gasteiger charge is -2.56. The monoisotopic (exact) mass is 323 g/mol. The number of piperidine rings is 1. The van der Waals surface area contributed by atoms with Gasteiger partial charge in [0.05, 0.1) is 6.61 Å². The standard InChI is InChI=1S/C16H23NO4.C2H6/c18-12-14-7-4-8-15(14,19)17(16(20,21)10-9-14)11-13-5-2-1-3-6-13;1-2/h1-3,5-6,18-21H,4,7-12H2;1-2H3. The van der Waals surface area contributed by atoms with Gasteiger partial charge >= 0.3 is 0 Å². The average Bonchev–Trinajstić information content (AvgIpc) is 2.91. The fourth-order valence-corrected chi connectivity index (χ4v) is 4.03. The Morgan fingerprint density at radius 1 is 0.957 bits per heavy atom. The first-order valence-electron chi connectivity index (χ1n) is 8.53. The van der Waals surface area contributed by atoms with Crippen LogP contribution in [0.2, 0.25) is 0 Å². The zero-order valence-electron chi connectivity index (χ0n) is 14.1. The molecule has 5 nitrogen and oxygen atoms in total. The number of hydrogen-bond donors (Lipinski definition) is 4. The molecule has 2 unspecified atom stereocenters. The maximum atomic E-state index is 11.2. The second-order valence-corrected chi connectivity index (χ2v) is 6.45. The summed E-state index contributed by atoms with van der Waals surface area (Å²) in [6.45, 7) is 4.11. The second-order valence-electron chi connectivity index (χ2n) is 6.45. The summed E-state index contributed by atoms with van der Waals surface area (Å²) in [5.74, 6) is -2.05. The van der Waals surface area contributed by atoms with Crippen molar-refractivity contribution in [1.29, 1.82) is 0 Å². The van der Waals surface area contributed by atoms with Crippen LogP contribution in [0.5, 0.6) is 0 Å². The Morgan fingerprint density at radius 3 is 2.22 bits per heavy atom. The molecule has 2 atom stereocenters. The van der Waals surface area contributed by atoms with Crippen molar-refractivity contribution in [2.24, 2.45) is 5.41 Å². The van der Waals surface area contributed by atoms with Crippen molar-refractivity contribution in [3.63, 3.8) is 0 Å². The van der Waals surface area contributed by atoms with Gasteiger partial charge in [0.25, 0.3) is 0 Å². The van der Waals surface area contributed by atoms with Crippen molar-refractivity contribution < 1.29 is 20.4 Å². The lowest BCUT2D eigenvalue weighted by atomic mass is 9.71. The quantitative estimate of drug-likeness (QED) is 0.638. The highest BCUT2D eigenvalue weighted by Gasteiger charge is 2.64. The van der Waals surface area contributed by atoms with Gasteiger partial charge < -0.3 is 20.4 Å². The van der Waals surface area contributed by atoms with E-state index in [4.69, 9.17) is 0 Å². The Morgan fingerprint density at radius 2 is 1.61 bits per heavy atom. The minimum absolute atomic E-state index is 0.128. The Labute approximate surface area is 138 Å². The molecule has 23 heavy (non-hydrogen) atoms. The predicted octanol–water partition coefficient (Wildman–Crippen LogP) is 1.80. The highest BCUT2D eigenvalue weighted by molar-refractivity contribution is 5.17. The number of nitrogens with zero attached hydrogens (tertiary/aromatic N) is 1. The van der Waals surface area contributed by atoms with Crippen molar-refractivity contribution in [1.82, 2.24) is 4.90 Å². The van der Waals surface area contributed by atoms with E-state index in [2.05, 4.69) is 0 Å². The molecule has 2 fully saturated rings. The van der Waals surface area contributed by atoms with Crippen LogP contribution < -0.4 is 0 Å². The smallest absolute Gasteiger partial charge is 0.227 e. The van der Waals surface area contributed by atoms with E-state index in [-0.39, 0.29) is 19.6 Å². The summed E-state index contributed by atoms with van der Waals surface area (Å²) < 4.78 is 0. The Hall–Kier alpha value is -0.980. The van der Waals surface area contributed by atoms with Crippen molar-refractivity contribution in [3.05, 3.63) is 35.9 Å². The van der Waals surface area contributed by atoms with Gasteiger partial charge in [-0.15, -0.1) is 0 Å². The van der Waals surface area contributed by atoms with Gasteiger partial charge in [-0.3, -0.25) is 0 Å². The van der Waals surface area contributed by atoms with Gasteiger partial charge in [-0.25, -0.2) is 4.90 Å². The SMILES string of the molecule is CC.OCC12CCCC1(O)N(Cc1ccccc1)C(O)(O)CC2. The molecule has 1 aliphatic heterocycles. The van der Waals surface area contributed by atoms with E-state index < -0.39 is 17.1 Å². The molecule has 0 radical (unpaired) electrons. The fourth-order valence-electron chi connectivity index (χ4n) is 4.03. The van der Waals surface area contributed by atoms with Crippen LogP contribution in [0.15, 0.2) is 30.3 Å². The van der Waals surface area contributed by atoms with Crippen molar-refractivity contribution in [2.45, 2.75) is 64.1 Å². The molecule has 1 aliphatic carbocycles. The van der Waals surface area contributed by atoms with Crippen LogP contribution in [-0.2, 0) is 6.54 Å². The maximum absolute atomic E-state index is 11.2. The minimum Gasteiger partial charge on any atom is -0.396 e. The molecule has 0 aromatic heterocycles. The molecule has 0 spiro atoms. The topological polar surface area (TPSA) is 84.2 Å². The molecule has 2 aliphatic rings. The third-order valence-corrected chi connectivity index (χ3v) is 5.33. The third kappa shape index (κ3) is 3.04. The van der Waals surface area contributed by atoms with Gasteiger partial charge in [0.15, 0.2) is 0 Å². The summed E-state index contributed by atoms with van der Waals surface area (Å²) in [7, 11) is 0. The number of likely N-dealkylation sites (tertiary alicyclic amines) is 1. The zero-order valence-corrected chi connectivity index (χ0v) is 14.1. The average molecular weight is 323 g/mol. The van der Waals surface area contributed by atoms with E-state index in [0.29, 0.717) is 19.3 Å².